The van der Waals surface area contributed by atoms with E-state index >= 15 is 0 Å². The summed E-state index contributed by atoms with van der Waals surface area (Å²) in [7, 11) is 0. The van der Waals surface area contributed by atoms with Crippen molar-refractivity contribution in [3.8, 4) is 0 Å². The van der Waals surface area contributed by atoms with Crippen LogP contribution >= 0.6 is 50.5 Å². The van der Waals surface area contributed by atoms with E-state index in [2.05, 4.69) is 26.2 Å². The van der Waals surface area contributed by atoms with Crippen molar-refractivity contribution in [1.82, 2.24) is 4.98 Å². The molecule has 0 fully saturated rings. The fourth-order valence-corrected chi connectivity index (χ4v) is 3.12. The van der Waals surface area contributed by atoms with Crippen LogP contribution in [0.15, 0.2) is 28.9 Å². The number of nitrogens with zero attached hydrogens (tertiary/aromatic N) is 1. The molecule has 1 aromatic heterocycles. The lowest BCUT2D eigenvalue weighted by Gasteiger charge is -2.11. The van der Waals surface area contributed by atoms with Gasteiger partial charge in [0.15, 0.2) is 10.3 Å². The van der Waals surface area contributed by atoms with Gasteiger partial charge in [-0.1, -0.05) is 27.5 Å². The Bertz CT molecular complexity index is 618. The van der Waals surface area contributed by atoms with Crippen molar-refractivity contribution in [2.24, 2.45) is 0 Å². The van der Waals surface area contributed by atoms with Gasteiger partial charge in [-0.3, -0.25) is 4.79 Å². The zero-order valence-corrected chi connectivity index (χ0v) is 14.2. The molecule has 0 aliphatic carbocycles. The summed E-state index contributed by atoms with van der Waals surface area (Å²) < 4.78 is 1.42. The molecule has 1 heterocycles. The molecule has 1 aromatic carbocycles. The normalized spacial score (nSPS) is 10.6. The predicted molar refractivity (Wildman–Crippen MR) is 88.3 cm³/mol. The number of thiazole rings is 1. The second-order valence-corrected chi connectivity index (χ2v) is 6.98. The van der Waals surface area contributed by atoms with Crippen LogP contribution in [-0.4, -0.2) is 16.6 Å². The van der Waals surface area contributed by atoms with Crippen LogP contribution in [0.5, 0.6) is 0 Å². The van der Waals surface area contributed by atoms with Crippen LogP contribution in [0.25, 0.3) is 0 Å². The molecule has 0 atom stereocenters. The first-order chi connectivity index (χ1) is 9.60. The minimum absolute atomic E-state index is 0.0253. The summed E-state index contributed by atoms with van der Waals surface area (Å²) in [6.07, 6.45) is 2.04. The first-order valence-electron chi connectivity index (χ1n) is 5.83. The number of Topliss-reactive ketones (excluding diaryl/α,β-unsaturated/α-hetero) is 1. The molecule has 2 aromatic rings. The highest BCUT2D eigenvalue weighted by molar-refractivity contribution is 9.10. The van der Waals surface area contributed by atoms with Crippen LogP contribution < -0.4 is 5.32 Å². The summed E-state index contributed by atoms with van der Waals surface area (Å²) in [5.41, 5.74) is 1.42. The number of carbonyl (C=O) groups excluding carboxylic acids is 1. The van der Waals surface area contributed by atoms with E-state index < -0.39 is 0 Å². The lowest BCUT2D eigenvalue weighted by Crippen LogP contribution is -2.07. The molecular weight excluding hydrogens is 383 g/mol. The van der Waals surface area contributed by atoms with Crippen molar-refractivity contribution in [3.05, 3.63) is 43.8 Å². The van der Waals surface area contributed by atoms with Gasteiger partial charge in [0.2, 0.25) is 0 Å². The van der Waals surface area contributed by atoms with E-state index in [0.29, 0.717) is 28.9 Å². The molecule has 1 N–H and O–H groups in total. The van der Waals surface area contributed by atoms with Crippen molar-refractivity contribution in [3.63, 3.8) is 0 Å². The van der Waals surface area contributed by atoms with Gasteiger partial charge in [-0.15, -0.1) is 22.9 Å². The molecule has 0 amide bonds. The van der Waals surface area contributed by atoms with Gasteiger partial charge in [0.1, 0.15) is 0 Å². The van der Waals surface area contributed by atoms with Gasteiger partial charge in [0.25, 0.3) is 0 Å². The predicted octanol–water partition coefficient (Wildman–Crippen LogP) is 4.98. The second-order valence-electron chi connectivity index (χ2n) is 3.99. The quantitative estimate of drug-likeness (QED) is 0.555. The summed E-state index contributed by atoms with van der Waals surface area (Å²) in [6.45, 7) is 0.571. The highest BCUT2D eigenvalue weighted by Crippen LogP contribution is 2.25. The lowest BCUT2D eigenvalue weighted by atomic mass is 10.1. The Hall–Kier alpha value is -0.620. The van der Waals surface area contributed by atoms with Gasteiger partial charge in [-0.25, -0.2) is 4.98 Å². The smallest absolute Gasteiger partial charge is 0.183 e. The molecule has 0 bridgehead atoms. The number of aromatic nitrogens is 1. The molecule has 0 saturated carbocycles. The third-order valence-electron chi connectivity index (χ3n) is 2.58. The fraction of sp³-hybridized carbons (Fsp3) is 0.231. The number of hydrogen-bond donors (Lipinski definition) is 1. The van der Waals surface area contributed by atoms with Crippen molar-refractivity contribution < 1.29 is 4.79 Å². The van der Waals surface area contributed by atoms with Crippen molar-refractivity contribution in [1.29, 1.82) is 0 Å². The highest BCUT2D eigenvalue weighted by Gasteiger charge is 2.11. The zero-order valence-electron chi connectivity index (χ0n) is 10.3. The molecule has 0 aliphatic rings. The molecule has 0 unspecified atom stereocenters. The Balaban J connectivity index is 2.16. The Kier molecular flexibility index (Phi) is 5.84. The average Bonchev–Trinajstić information content (AvgIpc) is 2.82. The van der Waals surface area contributed by atoms with Gasteiger partial charge in [-0.2, -0.15) is 0 Å². The van der Waals surface area contributed by atoms with Crippen LogP contribution in [0.3, 0.4) is 0 Å². The van der Waals surface area contributed by atoms with E-state index in [1.165, 1.54) is 11.3 Å². The molecule has 20 heavy (non-hydrogen) atoms. The average molecular weight is 394 g/mol. The van der Waals surface area contributed by atoms with Crippen molar-refractivity contribution >= 4 is 61.9 Å². The van der Waals surface area contributed by atoms with Gasteiger partial charge < -0.3 is 5.32 Å². The molecule has 0 radical (unpaired) electrons. The topological polar surface area (TPSA) is 42.0 Å². The number of nitrogens with one attached hydrogen (secondary N) is 1. The molecule has 7 heteroatoms. The first kappa shape index (κ1) is 15.8. The molecule has 0 saturated heterocycles. The molecule has 0 spiro atoms. The lowest BCUT2D eigenvalue weighted by molar-refractivity contribution is 0.0990. The number of ketones is 1. The largest absolute Gasteiger partial charge is 0.379 e. The minimum atomic E-state index is 0.0253. The van der Waals surface area contributed by atoms with Crippen molar-refractivity contribution in [2.75, 3.05) is 11.2 Å². The number of halogens is 3. The minimum Gasteiger partial charge on any atom is -0.379 e. The molecule has 0 aliphatic heterocycles. The van der Waals surface area contributed by atoms with Crippen molar-refractivity contribution in [2.45, 2.75) is 13.0 Å². The second kappa shape index (κ2) is 7.41. The van der Waals surface area contributed by atoms with E-state index in [1.807, 2.05) is 12.1 Å². The summed E-state index contributed by atoms with van der Waals surface area (Å²) in [5, 5.41) is 3.24. The summed E-state index contributed by atoms with van der Waals surface area (Å²) in [5.74, 6) is 0.344. The van der Waals surface area contributed by atoms with Crippen LogP contribution in [0, 0.1) is 0 Å². The molecule has 2 rings (SSSR count). The monoisotopic (exact) mass is 392 g/mol. The molecule has 3 nitrogen and oxygen atoms in total. The third kappa shape index (κ3) is 4.19. The third-order valence-corrected chi connectivity index (χ3v) is 4.38. The number of hydrogen-bond acceptors (Lipinski definition) is 4. The Morgan fingerprint density at radius 2 is 2.25 bits per heavy atom. The van der Waals surface area contributed by atoms with E-state index in [0.717, 1.165) is 15.0 Å². The summed E-state index contributed by atoms with van der Waals surface area (Å²) in [4.78, 5) is 17.0. The number of alkyl halides is 1. The maximum absolute atomic E-state index is 12.0. The number of carbonyl (C=O) groups is 1. The van der Waals surface area contributed by atoms with Crippen LogP contribution in [0.4, 0.5) is 5.69 Å². The van der Waals surface area contributed by atoms with Gasteiger partial charge >= 0.3 is 0 Å². The number of rotatable bonds is 6. The standard InChI is InChI=1S/C13H11BrCl2N2OS/c14-8-1-2-10(12(19)3-4-15)11(5-8)17-6-9-7-18-13(16)20-9/h1-2,5,7,17H,3-4,6H2. The van der Waals surface area contributed by atoms with E-state index in [4.69, 9.17) is 23.2 Å². The maximum Gasteiger partial charge on any atom is 0.183 e. The Labute approximate surface area is 139 Å². The van der Waals surface area contributed by atoms with Crippen LogP contribution in [0.2, 0.25) is 4.47 Å². The maximum atomic E-state index is 12.0. The number of benzene rings is 1. The summed E-state index contributed by atoms with van der Waals surface area (Å²) in [6, 6.07) is 5.52. The Morgan fingerprint density at radius 3 is 2.90 bits per heavy atom. The van der Waals surface area contributed by atoms with E-state index in [-0.39, 0.29) is 5.78 Å². The summed E-state index contributed by atoms with van der Waals surface area (Å²) >= 11 is 16.2. The number of anilines is 1. The SMILES string of the molecule is O=C(CCCl)c1ccc(Br)cc1NCc1cnc(Cl)s1. The van der Waals surface area contributed by atoms with Crippen LogP contribution in [0.1, 0.15) is 21.7 Å². The van der Waals surface area contributed by atoms with Gasteiger partial charge in [-0.05, 0) is 18.2 Å². The molecular formula is C13H11BrCl2N2OS. The van der Waals surface area contributed by atoms with E-state index in [1.54, 1.807) is 12.3 Å². The van der Waals surface area contributed by atoms with E-state index in [9.17, 15) is 4.79 Å². The van der Waals surface area contributed by atoms with Crippen LogP contribution in [-0.2, 0) is 6.54 Å². The first-order valence-corrected chi connectivity index (χ1v) is 8.35. The highest BCUT2D eigenvalue weighted by atomic mass is 79.9. The zero-order chi connectivity index (χ0) is 14.5. The Morgan fingerprint density at radius 1 is 1.45 bits per heavy atom. The van der Waals surface area contributed by atoms with Gasteiger partial charge in [0.05, 0.1) is 6.54 Å². The van der Waals surface area contributed by atoms with Gasteiger partial charge in [0, 0.05) is 39.1 Å². The fourth-order valence-electron chi connectivity index (χ4n) is 1.67. The molecule has 106 valence electrons.